The van der Waals surface area contributed by atoms with Gasteiger partial charge in [0, 0.05) is 8.07 Å². The first kappa shape index (κ1) is 22.6. The molecule has 7 heteroatoms. The van der Waals surface area contributed by atoms with Gasteiger partial charge in [-0.25, -0.2) is 9.59 Å². The average Bonchev–Trinajstić information content (AvgIpc) is 2.70. The van der Waals surface area contributed by atoms with Gasteiger partial charge in [0.1, 0.15) is 12.6 Å². The molecule has 0 radical (unpaired) electrons. The highest BCUT2D eigenvalue weighted by Gasteiger charge is 2.31. The molecule has 6 nitrogen and oxygen atoms in total. The van der Waals surface area contributed by atoms with Crippen LogP contribution in [0.5, 0.6) is 0 Å². The number of benzene rings is 2. The molecular weight excluding hydrogens is 384 g/mol. The summed E-state index contributed by atoms with van der Waals surface area (Å²) in [5.41, 5.74) is 7.87. The van der Waals surface area contributed by atoms with Gasteiger partial charge in [-0.3, -0.25) is 0 Å². The third-order valence-electron chi connectivity index (χ3n) is 4.38. The number of carbonyl (C=O) groups is 2. The van der Waals surface area contributed by atoms with Crippen molar-refractivity contribution in [2.45, 2.75) is 44.4 Å². The fourth-order valence-corrected chi connectivity index (χ4v) is 3.32. The number of nitrogens with two attached hydrogens (primary N) is 1. The van der Waals surface area contributed by atoms with Crippen molar-refractivity contribution < 1.29 is 19.1 Å². The number of hydrogen-bond acceptors (Lipinski definition) is 5. The van der Waals surface area contributed by atoms with Gasteiger partial charge in [0.15, 0.2) is 0 Å². The molecule has 2 aromatic carbocycles. The third-order valence-corrected chi connectivity index (χ3v) is 6.08. The van der Waals surface area contributed by atoms with Gasteiger partial charge in [-0.05, 0) is 17.2 Å². The van der Waals surface area contributed by atoms with E-state index in [2.05, 4.69) is 25.0 Å². The molecule has 2 atom stereocenters. The van der Waals surface area contributed by atoms with E-state index in [9.17, 15) is 9.59 Å². The zero-order valence-electron chi connectivity index (χ0n) is 17.3. The van der Waals surface area contributed by atoms with Crippen LogP contribution in [0.1, 0.15) is 17.2 Å². The number of carbonyl (C=O) groups excluding carboxylic acids is 2. The van der Waals surface area contributed by atoms with Crippen molar-refractivity contribution >= 4 is 20.1 Å². The molecule has 0 heterocycles. The lowest BCUT2D eigenvalue weighted by Gasteiger charge is -2.24. The summed E-state index contributed by atoms with van der Waals surface area (Å²) in [6.45, 7) is 7.02. The smallest absolute Gasteiger partial charge is 0.408 e. The monoisotopic (exact) mass is 414 g/mol. The second-order valence-corrected chi connectivity index (χ2v) is 13.7. The molecule has 0 saturated carbocycles. The van der Waals surface area contributed by atoms with Crippen LogP contribution in [0.4, 0.5) is 4.79 Å². The van der Waals surface area contributed by atoms with Crippen LogP contribution in [0.2, 0.25) is 25.7 Å². The van der Waals surface area contributed by atoms with E-state index in [-0.39, 0.29) is 6.61 Å². The largest absolute Gasteiger partial charge is 0.464 e. The minimum Gasteiger partial charge on any atom is -0.464 e. The fourth-order valence-electron chi connectivity index (χ4n) is 2.60. The molecule has 0 aromatic heterocycles. The van der Waals surface area contributed by atoms with E-state index in [4.69, 9.17) is 15.2 Å². The first-order valence-electron chi connectivity index (χ1n) is 9.71. The molecule has 156 valence electrons. The molecule has 0 bridgehead atoms. The summed E-state index contributed by atoms with van der Waals surface area (Å²) in [5.74, 6) is -0.559. The number of rotatable bonds is 9. The van der Waals surface area contributed by atoms with Gasteiger partial charge in [0.2, 0.25) is 0 Å². The van der Waals surface area contributed by atoms with E-state index in [1.807, 2.05) is 60.7 Å². The van der Waals surface area contributed by atoms with E-state index in [1.165, 1.54) is 0 Å². The lowest BCUT2D eigenvalue weighted by atomic mass is 10.0. The minimum atomic E-state index is -1.35. The van der Waals surface area contributed by atoms with Crippen LogP contribution in [-0.4, -0.2) is 32.8 Å². The SMILES string of the molecule is C[Si](C)(C)CCOC(=O)[C@H](NC(=O)OCc1ccccc1)[C@@H](N)c1ccccc1. The quantitative estimate of drug-likeness (QED) is 0.480. The highest BCUT2D eigenvalue weighted by Crippen LogP contribution is 2.16. The van der Waals surface area contributed by atoms with Crippen LogP contribution in [0.25, 0.3) is 0 Å². The molecule has 29 heavy (non-hydrogen) atoms. The molecule has 1 amide bonds. The summed E-state index contributed by atoms with van der Waals surface area (Å²) in [4.78, 5) is 25.0. The van der Waals surface area contributed by atoms with E-state index in [1.54, 1.807) is 0 Å². The van der Waals surface area contributed by atoms with Crippen LogP contribution >= 0.6 is 0 Å². The highest BCUT2D eigenvalue weighted by atomic mass is 28.3. The van der Waals surface area contributed by atoms with E-state index >= 15 is 0 Å². The topological polar surface area (TPSA) is 90.6 Å². The van der Waals surface area contributed by atoms with Crippen LogP contribution in [0.3, 0.4) is 0 Å². The van der Waals surface area contributed by atoms with Crippen LogP contribution < -0.4 is 11.1 Å². The highest BCUT2D eigenvalue weighted by molar-refractivity contribution is 6.76. The maximum atomic E-state index is 12.7. The Bertz CT molecular complexity index is 778. The van der Waals surface area contributed by atoms with Crippen LogP contribution in [0, 0.1) is 0 Å². The molecule has 0 saturated heterocycles. The van der Waals surface area contributed by atoms with E-state index < -0.39 is 32.2 Å². The van der Waals surface area contributed by atoms with Crippen molar-refractivity contribution in [3.63, 3.8) is 0 Å². The Morgan fingerprint density at radius 3 is 2.14 bits per heavy atom. The maximum Gasteiger partial charge on any atom is 0.408 e. The van der Waals surface area contributed by atoms with Gasteiger partial charge in [-0.2, -0.15) is 0 Å². The number of esters is 1. The zero-order chi connectivity index (χ0) is 21.3. The Morgan fingerprint density at radius 1 is 0.966 bits per heavy atom. The summed E-state index contributed by atoms with van der Waals surface area (Å²) in [6, 6.07) is 17.5. The second kappa shape index (κ2) is 10.8. The number of hydrogen-bond donors (Lipinski definition) is 2. The summed E-state index contributed by atoms with van der Waals surface area (Å²) in [7, 11) is -1.35. The summed E-state index contributed by atoms with van der Waals surface area (Å²) < 4.78 is 10.7. The van der Waals surface area contributed by atoms with Crippen LogP contribution in [-0.2, 0) is 20.9 Å². The second-order valence-electron chi connectivity index (χ2n) is 8.10. The summed E-state index contributed by atoms with van der Waals surface area (Å²) in [6.07, 6.45) is -0.715. The first-order valence-corrected chi connectivity index (χ1v) is 13.4. The average molecular weight is 415 g/mol. The Kier molecular flexibility index (Phi) is 8.42. The molecule has 3 N–H and O–H groups in total. The Morgan fingerprint density at radius 2 is 1.55 bits per heavy atom. The Labute approximate surface area is 173 Å². The van der Waals surface area contributed by atoms with Crippen molar-refractivity contribution in [3.05, 3.63) is 71.8 Å². The van der Waals surface area contributed by atoms with Gasteiger partial charge in [0.05, 0.1) is 12.6 Å². The lowest BCUT2D eigenvalue weighted by molar-refractivity contribution is -0.146. The zero-order valence-corrected chi connectivity index (χ0v) is 18.3. The lowest BCUT2D eigenvalue weighted by Crippen LogP contribution is -2.49. The summed E-state index contributed by atoms with van der Waals surface area (Å²) in [5, 5.41) is 2.58. The predicted octanol–water partition coefficient (Wildman–Crippen LogP) is 3.86. The van der Waals surface area contributed by atoms with Gasteiger partial charge in [-0.15, -0.1) is 0 Å². The van der Waals surface area contributed by atoms with Crippen molar-refractivity contribution in [2.75, 3.05) is 6.61 Å². The van der Waals surface area contributed by atoms with Gasteiger partial charge < -0.3 is 20.5 Å². The fraction of sp³-hybridized carbons (Fsp3) is 0.364. The van der Waals surface area contributed by atoms with E-state index in [0.717, 1.165) is 17.2 Å². The van der Waals surface area contributed by atoms with E-state index in [0.29, 0.717) is 6.61 Å². The van der Waals surface area contributed by atoms with Crippen molar-refractivity contribution in [2.24, 2.45) is 5.73 Å². The van der Waals surface area contributed by atoms with Crippen molar-refractivity contribution in [1.29, 1.82) is 0 Å². The first-order chi connectivity index (χ1) is 13.8. The number of ether oxygens (including phenoxy) is 2. The van der Waals surface area contributed by atoms with Crippen molar-refractivity contribution in [1.82, 2.24) is 5.32 Å². The molecule has 0 unspecified atom stereocenters. The minimum absolute atomic E-state index is 0.102. The maximum absolute atomic E-state index is 12.7. The number of amides is 1. The third kappa shape index (κ3) is 8.09. The molecule has 0 aliphatic heterocycles. The Balaban J connectivity index is 2.03. The molecule has 2 rings (SSSR count). The molecule has 2 aromatic rings. The molecule has 0 fully saturated rings. The molecular formula is C22H30N2O4Si. The standard InChI is InChI=1S/C22H30N2O4Si/c1-29(2,3)15-14-27-21(25)20(19(23)18-12-8-5-9-13-18)24-22(26)28-16-17-10-6-4-7-11-17/h4-13,19-20H,14-16,23H2,1-3H3,(H,24,26)/t19-,20+/m0/s1. The van der Waals surface area contributed by atoms with Crippen LogP contribution in [0.15, 0.2) is 60.7 Å². The number of alkyl carbamates (subject to hydrolysis) is 1. The summed E-state index contributed by atoms with van der Waals surface area (Å²) >= 11 is 0. The van der Waals surface area contributed by atoms with Gasteiger partial charge in [-0.1, -0.05) is 80.3 Å². The normalized spacial score (nSPS) is 13.2. The predicted molar refractivity (Wildman–Crippen MR) is 116 cm³/mol. The molecule has 0 aliphatic carbocycles. The molecule has 0 spiro atoms. The molecule has 0 aliphatic rings. The Hall–Kier alpha value is -2.64. The number of nitrogens with one attached hydrogen (secondary N) is 1. The van der Waals surface area contributed by atoms with Crippen molar-refractivity contribution in [3.8, 4) is 0 Å². The van der Waals surface area contributed by atoms with Gasteiger partial charge >= 0.3 is 12.1 Å². The van der Waals surface area contributed by atoms with Gasteiger partial charge in [0.25, 0.3) is 0 Å².